The Balaban J connectivity index is 2.56. The molecule has 0 aliphatic heterocycles. The van der Waals surface area contributed by atoms with Crippen molar-refractivity contribution < 1.29 is 13.9 Å². The van der Waals surface area contributed by atoms with Crippen LogP contribution in [-0.2, 0) is 6.42 Å². The van der Waals surface area contributed by atoms with Crippen molar-refractivity contribution in [2.24, 2.45) is 0 Å². The van der Waals surface area contributed by atoms with Gasteiger partial charge in [-0.25, -0.2) is 9.37 Å². The number of nitrogens with one attached hydrogen (secondary N) is 1. The number of ether oxygens (including phenoxy) is 2. The van der Waals surface area contributed by atoms with Gasteiger partial charge in [0.2, 0.25) is 5.88 Å². The Bertz CT molecular complexity index is 718. The van der Waals surface area contributed by atoms with Crippen LogP contribution in [0.2, 0.25) is 0 Å². The Kier molecular flexibility index (Phi) is 6.56. The summed E-state index contributed by atoms with van der Waals surface area (Å²) in [6.07, 6.45) is 2.71. The highest BCUT2D eigenvalue weighted by molar-refractivity contribution is 5.72. The monoisotopic (exact) mass is 347 g/mol. The molecule has 136 valence electrons. The fourth-order valence-electron chi connectivity index (χ4n) is 2.68. The predicted molar refractivity (Wildman–Crippen MR) is 97.9 cm³/mol. The lowest BCUT2D eigenvalue weighted by molar-refractivity contribution is 0.395. The van der Waals surface area contributed by atoms with Crippen molar-refractivity contribution in [1.29, 1.82) is 0 Å². The highest BCUT2D eigenvalue weighted by atomic mass is 19.1. The zero-order chi connectivity index (χ0) is 18.4. The molecule has 25 heavy (non-hydrogen) atoms. The third kappa shape index (κ3) is 4.18. The smallest absolute Gasteiger partial charge is 0.242 e. The SMILES string of the molecule is CCc1nc(-c2ccc(F)cc2OC)c(OC)nc1NC(CC)CC. The molecule has 1 aromatic heterocycles. The number of aromatic nitrogens is 2. The Morgan fingerprint density at radius 2 is 1.80 bits per heavy atom. The van der Waals surface area contributed by atoms with E-state index >= 15 is 0 Å². The van der Waals surface area contributed by atoms with Crippen molar-refractivity contribution in [3.8, 4) is 22.9 Å². The van der Waals surface area contributed by atoms with Gasteiger partial charge in [-0.15, -0.1) is 0 Å². The van der Waals surface area contributed by atoms with Crippen LogP contribution in [0.5, 0.6) is 11.6 Å². The molecule has 0 aliphatic rings. The summed E-state index contributed by atoms with van der Waals surface area (Å²) in [5, 5.41) is 3.44. The van der Waals surface area contributed by atoms with Crippen molar-refractivity contribution in [3.05, 3.63) is 29.7 Å². The molecule has 0 saturated carbocycles. The summed E-state index contributed by atoms with van der Waals surface area (Å²) in [4.78, 5) is 9.37. The summed E-state index contributed by atoms with van der Waals surface area (Å²) in [5.41, 5.74) is 2.04. The van der Waals surface area contributed by atoms with Gasteiger partial charge in [-0.3, -0.25) is 0 Å². The molecule has 0 unspecified atom stereocenters. The minimum Gasteiger partial charge on any atom is -0.496 e. The van der Waals surface area contributed by atoms with E-state index in [4.69, 9.17) is 14.5 Å². The maximum absolute atomic E-state index is 13.5. The third-order valence-corrected chi connectivity index (χ3v) is 4.21. The van der Waals surface area contributed by atoms with Crippen LogP contribution in [0.15, 0.2) is 18.2 Å². The van der Waals surface area contributed by atoms with E-state index in [1.165, 1.54) is 19.2 Å². The molecule has 6 heteroatoms. The minimum atomic E-state index is -0.365. The van der Waals surface area contributed by atoms with E-state index in [1.54, 1.807) is 13.2 Å². The van der Waals surface area contributed by atoms with Crippen molar-refractivity contribution in [2.45, 2.75) is 46.1 Å². The first-order valence-electron chi connectivity index (χ1n) is 8.63. The molecule has 5 nitrogen and oxygen atoms in total. The number of hydrogen-bond donors (Lipinski definition) is 1. The van der Waals surface area contributed by atoms with E-state index in [2.05, 4.69) is 24.1 Å². The van der Waals surface area contributed by atoms with Gasteiger partial charge in [0.1, 0.15) is 17.3 Å². The van der Waals surface area contributed by atoms with E-state index in [9.17, 15) is 4.39 Å². The Morgan fingerprint density at radius 1 is 1.08 bits per heavy atom. The maximum atomic E-state index is 13.5. The number of halogens is 1. The zero-order valence-corrected chi connectivity index (χ0v) is 15.5. The molecule has 0 bridgehead atoms. The van der Waals surface area contributed by atoms with Gasteiger partial charge in [0.05, 0.1) is 19.9 Å². The molecule has 0 aliphatic carbocycles. The van der Waals surface area contributed by atoms with Crippen molar-refractivity contribution in [3.63, 3.8) is 0 Å². The average Bonchev–Trinajstić information content (AvgIpc) is 2.65. The molecule has 1 N–H and O–H groups in total. The van der Waals surface area contributed by atoms with Gasteiger partial charge < -0.3 is 14.8 Å². The highest BCUT2D eigenvalue weighted by Gasteiger charge is 2.19. The van der Waals surface area contributed by atoms with Gasteiger partial charge in [0, 0.05) is 17.7 Å². The number of aryl methyl sites for hydroxylation is 1. The Morgan fingerprint density at radius 3 is 2.36 bits per heavy atom. The zero-order valence-electron chi connectivity index (χ0n) is 15.5. The topological polar surface area (TPSA) is 56.3 Å². The average molecular weight is 347 g/mol. The van der Waals surface area contributed by atoms with Crippen molar-refractivity contribution in [2.75, 3.05) is 19.5 Å². The number of nitrogens with zero attached hydrogens (tertiary/aromatic N) is 2. The largest absolute Gasteiger partial charge is 0.496 e. The Labute approximate surface area is 148 Å². The molecular weight excluding hydrogens is 321 g/mol. The second-order valence-electron chi connectivity index (χ2n) is 5.73. The van der Waals surface area contributed by atoms with E-state index < -0.39 is 0 Å². The molecule has 0 fully saturated rings. The minimum absolute atomic E-state index is 0.329. The van der Waals surface area contributed by atoms with Gasteiger partial charge >= 0.3 is 0 Å². The molecule has 1 heterocycles. The molecule has 0 amide bonds. The van der Waals surface area contributed by atoms with E-state index in [-0.39, 0.29) is 5.82 Å². The summed E-state index contributed by atoms with van der Waals surface area (Å²) in [7, 11) is 3.05. The normalized spacial score (nSPS) is 10.8. The van der Waals surface area contributed by atoms with Crippen LogP contribution in [0, 0.1) is 5.82 Å². The standard InChI is InChI=1S/C19H26FN3O2/c1-6-13(7-2)21-18-15(8-3)22-17(19(23-18)25-5)14-10-9-12(20)11-16(14)24-4/h9-11,13H,6-8H2,1-5H3,(H,21,23). The van der Waals surface area contributed by atoms with Crippen LogP contribution < -0.4 is 14.8 Å². The summed E-state index contributed by atoms with van der Waals surface area (Å²) < 4.78 is 24.3. The van der Waals surface area contributed by atoms with E-state index in [1.807, 2.05) is 6.92 Å². The van der Waals surface area contributed by atoms with Crippen LogP contribution in [0.25, 0.3) is 11.3 Å². The molecule has 0 saturated heterocycles. The van der Waals surface area contributed by atoms with Gasteiger partial charge in [-0.2, -0.15) is 4.98 Å². The van der Waals surface area contributed by atoms with E-state index in [0.717, 1.165) is 30.8 Å². The first-order valence-corrected chi connectivity index (χ1v) is 8.63. The first-order chi connectivity index (χ1) is 12.1. The van der Waals surface area contributed by atoms with Crippen LogP contribution in [0.4, 0.5) is 10.2 Å². The predicted octanol–water partition coefficient (Wildman–Crippen LogP) is 4.46. The highest BCUT2D eigenvalue weighted by Crippen LogP contribution is 2.36. The van der Waals surface area contributed by atoms with E-state index in [0.29, 0.717) is 28.9 Å². The molecule has 0 radical (unpaired) electrons. The number of benzene rings is 1. The lowest BCUT2D eigenvalue weighted by atomic mass is 10.1. The molecular formula is C19H26FN3O2. The van der Waals surface area contributed by atoms with Crippen molar-refractivity contribution in [1.82, 2.24) is 9.97 Å². The van der Waals surface area contributed by atoms with Crippen molar-refractivity contribution >= 4 is 5.82 Å². The molecule has 2 rings (SSSR count). The fraction of sp³-hybridized carbons (Fsp3) is 0.474. The second kappa shape index (κ2) is 8.65. The quantitative estimate of drug-likeness (QED) is 0.764. The van der Waals surface area contributed by atoms with Gasteiger partial charge in [-0.1, -0.05) is 20.8 Å². The summed E-state index contributed by atoms with van der Waals surface area (Å²) in [6.45, 7) is 6.30. The van der Waals surface area contributed by atoms with Crippen LogP contribution >= 0.6 is 0 Å². The number of rotatable bonds is 8. The van der Waals surface area contributed by atoms with Gasteiger partial charge in [-0.05, 0) is 31.4 Å². The Hall–Kier alpha value is -2.37. The summed E-state index contributed by atoms with van der Waals surface area (Å²) >= 11 is 0. The van der Waals surface area contributed by atoms with Crippen LogP contribution in [0.1, 0.15) is 39.3 Å². The van der Waals surface area contributed by atoms with Crippen LogP contribution in [-0.4, -0.2) is 30.2 Å². The first kappa shape index (κ1) is 19.0. The summed E-state index contributed by atoms with van der Waals surface area (Å²) in [5.74, 6) is 1.15. The van der Waals surface area contributed by atoms with Gasteiger partial charge in [0.15, 0.2) is 5.82 Å². The molecule has 0 atom stereocenters. The third-order valence-electron chi connectivity index (χ3n) is 4.21. The maximum Gasteiger partial charge on any atom is 0.242 e. The lowest BCUT2D eigenvalue weighted by Crippen LogP contribution is -2.20. The second-order valence-corrected chi connectivity index (χ2v) is 5.73. The fourth-order valence-corrected chi connectivity index (χ4v) is 2.68. The molecule has 0 spiro atoms. The molecule has 1 aromatic carbocycles. The summed E-state index contributed by atoms with van der Waals surface area (Å²) in [6, 6.07) is 4.67. The number of hydrogen-bond acceptors (Lipinski definition) is 5. The van der Waals surface area contributed by atoms with Crippen LogP contribution in [0.3, 0.4) is 0 Å². The molecule has 2 aromatic rings. The lowest BCUT2D eigenvalue weighted by Gasteiger charge is -2.19. The van der Waals surface area contributed by atoms with Gasteiger partial charge in [0.25, 0.3) is 0 Å². The number of methoxy groups -OCH3 is 2. The number of anilines is 1.